The van der Waals surface area contributed by atoms with E-state index in [-0.39, 0.29) is 5.91 Å². The van der Waals surface area contributed by atoms with Crippen molar-refractivity contribution in [2.24, 2.45) is 0 Å². The molecule has 0 saturated heterocycles. The van der Waals surface area contributed by atoms with Gasteiger partial charge >= 0.3 is 0 Å². The molecule has 3 nitrogen and oxygen atoms in total. The minimum Gasteiger partial charge on any atom is -0.324 e. The van der Waals surface area contributed by atoms with E-state index >= 15 is 0 Å². The van der Waals surface area contributed by atoms with E-state index in [4.69, 9.17) is 5.26 Å². The summed E-state index contributed by atoms with van der Waals surface area (Å²) in [4.78, 5) is 13.8. The van der Waals surface area contributed by atoms with Gasteiger partial charge in [-0.1, -0.05) is 85.5 Å². The second-order valence-electron chi connectivity index (χ2n) is 7.54. The molecule has 1 amide bonds. The van der Waals surface area contributed by atoms with Crippen molar-refractivity contribution in [1.29, 1.82) is 5.26 Å². The quantitative estimate of drug-likeness (QED) is 0.413. The molecule has 32 heavy (non-hydrogen) atoms. The van der Waals surface area contributed by atoms with Crippen LogP contribution in [0.2, 0.25) is 0 Å². The highest BCUT2D eigenvalue weighted by Gasteiger charge is 2.37. The van der Waals surface area contributed by atoms with Crippen molar-refractivity contribution >= 4 is 22.4 Å². The summed E-state index contributed by atoms with van der Waals surface area (Å²) in [5, 5.41) is 14.2. The molecule has 4 aromatic rings. The molecule has 1 atom stereocenters. The van der Waals surface area contributed by atoms with E-state index in [0.29, 0.717) is 12.0 Å². The lowest BCUT2D eigenvalue weighted by atomic mass is 9.77. The highest BCUT2D eigenvalue weighted by molar-refractivity contribution is 6.07. The summed E-state index contributed by atoms with van der Waals surface area (Å²) in [5.41, 5.74) is 1.93. The Morgan fingerprint density at radius 2 is 1.50 bits per heavy atom. The fourth-order valence-corrected chi connectivity index (χ4v) is 3.81. The predicted molar refractivity (Wildman–Crippen MR) is 129 cm³/mol. The van der Waals surface area contributed by atoms with Gasteiger partial charge in [-0.3, -0.25) is 4.79 Å². The Bertz CT molecular complexity index is 1350. The van der Waals surface area contributed by atoms with Crippen LogP contribution in [0.5, 0.6) is 0 Å². The monoisotopic (exact) mass is 414 g/mol. The van der Waals surface area contributed by atoms with Gasteiger partial charge in [-0.25, -0.2) is 0 Å². The molecule has 0 bridgehead atoms. The summed E-state index contributed by atoms with van der Waals surface area (Å²) in [6.07, 6.45) is 0.511. The zero-order valence-corrected chi connectivity index (χ0v) is 17.8. The van der Waals surface area contributed by atoms with E-state index in [0.717, 1.165) is 27.6 Å². The molecule has 0 aromatic heterocycles. The smallest absolute Gasteiger partial charge is 0.247 e. The zero-order valence-electron chi connectivity index (χ0n) is 17.8. The third kappa shape index (κ3) is 4.10. The number of carbonyl (C=O) groups excluding carboxylic acids is 1. The highest BCUT2D eigenvalue weighted by Crippen LogP contribution is 2.31. The van der Waals surface area contributed by atoms with Gasteiger partial charge in [0.25, 0.3) is 0 Å². The molecule has 0 aliphatic rings. The highest BCUT2D eigenvalue weighted by atomic mass is 16.2. The molecule has 0 radical (unpaired) electrons. The Morgan fingerprint density at radius 1 is 0.844 bits per heavy atom. The molecule has 0 spiro atoms. The molecule has 4 aromatic carbocycles. The molecular formula is C29H22N2O. The zero-order chi connectivity index (χ0) is 22.4. The van der Waals surface area contributed by atoms with Crippen molar-refractivity contribution in [3.05, 3.63) is 114 Å². The molecular weight excluding hydrogens is 392 g/mol. The summed E-state index contributed by atoms with van der Waals surface area (Å²) < 4.78 is 0. The first kappa shape index (κ1) is 20.9. The predicted octanol–water partition coefficient (Wildman–Crippen LogP) is 6.05. The molecule has 0 aliphatic carbocycles. The SMILES string of the molecule is CC[C@](C#Cc1ccc(C#N)cc1)(C(=O)Nc1cccc2ccccc12)c1ccccc1. The number of fused-ring (bicyclic) bond motifs is 1. The van der Waals surface area contributed by atoms with Crippen LogP contribution in [0.3, 0.4) is 0 Å². The maximum atomic E-state index is 13.8. The number of nitrogens with zero attached hydrogens (tertiary/aromatic N) is 1. The molecule has 4 rings (SSSR count). The van der Waals surface area contributed by atoms with Crippen molar-refractivity contribution in [2.45, 2.75) is 18.8 Å². The van der Waals surface area contributed by atoms with Crippen LogP contribution in [0.15, 0.2) is 97.1 Å². The number of hydrogen-bond acceptors (Lipinski definition) is 2. The van der Waals surface area contributed by atoms with E-state index in [1.165, 1.54) is 0 Å². The van der Waals surface area contributed by atoms with Crippen LogP contribution in [0.25, 0.3) is 10.8 Å². The van der Waals surface area contributed by atoms with Crippen LogP contribution in [0.4, 0.5) is 5.69 Å². The first-order valence-corrected chi connectivity index (χ1v) is 10.5. The number of benzene rings is 4. The van der Waals surface area contributed by atoms with Gasteiger partial charge in [-0.15, -0.1) is 0 Å². The summed E-state index contributed by atoms with van der Waals surface area (Å²) >= 11 is 0. The average molecular weight is 415 g/mol. The van der Waals surface area contributed by atoms with Gasteiger partial charge in [0.2, 0.25) is 5.91 Å². The Morgan fingerprint density at radius 3 is 2.22 bits per heavy atom. The van der Waals surface area contributed by atoms with Gasteiger partial charge in [-0.05, 0) is 47.7 Å². The number of carbonyl (C=O) groups is 1. The summed E-state index contributed by atoms with van der Waals surface area (Å²) in [5.74, 6) is 6.28. The normalized spacial score (nSPS) is 12.1. The number of anilines is 1. The largest absolute Gasteiger partial charge is 0.324 e. The lowest BCUT2D eigenvalue weighted by Crippen LogP contribution is -2.39. The second-order valence-corrected chi connectivity index (χ2v) is 7.54. The molecule has 0 saturated carbocycles. The molecule has 0 unspecified atom stereocenters. The van der Waals surface area contributed by atoms with Crippen molar-refractivity contribution < 1.29 is 4.79 Å². The summed E-state index contributed by atoms with van der Waals surface area (Å²) in [7, 11) is 0. The second kappa shape index (κ2) is 9.21. The van der Waals surface area contributed by atoms with Crippen LogP contribution >= 0.6 is 0 Å². The number of rotatable bonds is 4. The Hall–Kier alpha value is -4.34. The van der Waals surface area contributed by atoms with Gasteiger partial charge in [0.15, 0.2) is 0 Å². The van der Waals surface area contributed by atoms with E-state index in [2.05, 4.69) is 23.2 Å². The Kier molecular flexibility index (Phi) is 6.02. The fraction of sp³-hybridized carbons (Fsp3) is 0.103. The van der Waals surface area contributed by atoms with Crippen LogP contribution in [-0.2, 0) is 10.2 Å². The van der Waals surface area contributed by atoms with Crippen LogP contribution in [-0.4, -0.2) is 5.91 Å². The van der Waals surface area contributed by atoms with Crippen molar-refractivity contribution in [1.82, 2.24) is 0 Å². The third-order valence-corrected chi connectivity index (χ3v) is 5.66. The molecule has 3 heteroatoms. The lowest BCUT2D eigenvalue weighted by molar-refractivity contribution is -0.119. The molecule has 0 aliphatic heterocycles. The number of nitriles is 1. The van der Waals surface area contributed by atoms with Gasteiger partial charge in [0, 0.05) is 16.6 Å². The maximum absolute atomic E-state index is 13.8. The first-order valence-electron chi connectivity index (χ1n) is 10.5. The van der Waals surface area contributed by atoms with E-state index in [1.807, 2.05) is 79.7 Å². The number of amides is 1. The van der Waals surface area contributed by atoms with Gasteiger partial charge in [0.1, 0.15) is 5.41 Å². The van der Waals surface area contributed by atoms with E-state index < -0.39 is 5.41 Å². The third-order valence-electron chi connectivity index (χ3n) is 5.66. The van der Waals surface area contributed by atoms with Crippen LogP contribution in [0.1, 0.15) is 30.0 Å². The van der Waals surface area contributed by atoms with E-state index in [1.54, 1.807) is 24.3 Å². The minimum atomic E-state index is -1.02. The fourth-order valence-electron chi connectivity index (χ4n) is 3.81. The van der Waals surface area contributed by atoms with Crippen molar-refractivity contribution in [3.63, 3.8) is 0 Å². The maximum Gasteiger partial charge on any atom is 0.247 e. The van der Waals surface area contributed by atoms with Gasteiger partial charge < -0.3 is 5.32 Å². The van der Waals surface area contributed by atoms with Gasteiger partial charge in [-0.2, -0.15) is 5.26 Å². The van der Waals surface area contributed by atoms with Crippen molar-refractivity contribution in [2.75, 3.05) is 5.32 Å². The van der Waals surface area contributed by atoms with Crippen LogP contribution in [0, 0.1) is 23.2 Å². The topological polar surface area (TPSA) is 52.9 Å². The number of hydrogen-bond donors (Lipinski definition) is 1. The van der Waals surface area contributed by atoms with Crippen molar-refractivity contribution in [3.8, 4) is 17.9 Å². The molecule has 0 fully saturated rings. The van der Waals surface area contributed by atoms with E-state index in [9.17, 15) is 4.79 Å². The molecule has 154 valence electrons. The summed E-state index contributed by atoms with van der Waals surface area (Å²) in [6, 6.07) is 32.7. The average Bonchev–Trinajstić information content (AvgIpc) is 2.86. The minimum absolute atomic E-state index is 0.163. The lowest BCUT2D eigenvalue weighted by Gasteiger charge is -2.27. The van der Waals surface area contributed by atoms with Crippen LogP contribution < -0.4 is 5.32 Å². The number of nitrogens with one attached hydrogen (secondary N) is 1. The summed E-state index contributed by atoms with van der Waals surface area (Å²) in [6.45, 7) is 1.98. The van der Waals surface area contributed by atoms with Gasteiger partial charge in [0.05, 0.1) is 11.6 Å². The standard InChI is InChI=1S/C29H22N2O/c1-2-29(25-11-4-3-5-12-25,20-19-22-15-17-23(21-30)18-16-22)28(32)31-27-14-8-10-24-9-6-7-13-26(24)27/h3-18H,2H2,1H3,(H,31,32)/t29-/m1/s1. The Balaban J connectivity index is 1.78. The molecule has 0 heterocycles. The Labute approximate surface area is 188 Å². The first-order chi connectivity index (χ1) is 15.7. The molecule has 1 N–H and O–H groups in total.